The second-order valence-corrected chi connectivity index (χ2v) is 4.58. The van der Waals surface area contributed by atoms with Crippen molar-refractivity contribution in [2.45, 2.75) is 19.9 Å². The van der Waals surface area contributed by atoms with Crippen molar-refractivity contribution in [1.82, 2.24) is 4.90 Å². The third-order valence-corrected chi connectivity index (χ3v) is 2.97. The molecule has 3 nitrogen and oxygen atoms in total. The van der Waals surface area contributed by atoms with Crippen LogP contribution in [-0.2, 0) is 4.74 Å². The van der Waals surface area contributed by atoms with Crippen LogP contribution in [0.1, 0.15) is 12.5 Å². The molecule has 0 aliphatic carbocycles. The van der Waals surface area contributed by atoms with E-state index < -0.39 is 0 Å². The molecule has 0 fully saturated rings. The molecule has 0 heterocycles. The lowest BCUT2D eigenvalue weighted by Gasteiger charge is -2.24. The molecule has 1 N–H and O–H groups in total. The minimum Gasteiger partial charge on any atom is -0.384 e. The number of likely N-dealkylation sites (N-methyl/N-ethyl adjacent to an activating group) is 1. The van der Waals surface area contributed by atoms with Crippen LogP contribution in [0.2, 0.25) is 0 Å². The number of hydrogen-bond donors (Lipinski definition) is 1. The Labute approximate surface area is 105 Å². The van der Waals surface area contributed by atoms with Crippen molar-refractivity contribution in [2.75, 3.05) is 39.2 Å². The summed E-state index contributed by atoms with van der Waals surface area (Å²) < 4.78 is 5.14. The van der Waals surface area contributed by atoms with Crippen molar-refractivity contribution in [3.8, 4) is 0 Å². The molecule has 1 unspecified atom stereocenters. The molecule has 0 radical (unpaired) electrons. The number of nitrogens with one attached hydrogen (secondary N) is 1. The van der Waals surface area contributed by atoms with Crippen LogP contribution in [0, 0.1) is 6.92 Å². The highest BCUT2D eigenvalue weighted by Crippen LogP contribution is 2.08. The van der Waals surface area contributed by atoms with E-state index in [1.165, 1.54) is 11.3 Å². The maximum Gasteiger partial charge on any atom is 0.0615 e. The van der Waals surface area contributed by atoms with Gasteiger partial charge in [-0.15, -0.1) is 0 Å². The summed E-state index contributed by atoms with van der Waals surface area (Å²) in [7, 11) is 3.87. The molecule has 0 saturated carbocycles. The van der Waals surface area contributed by atoms with Crippen LogP contribution in [-0.4, -0.2) is 44.8 Å². The van der Waals surface area contributed by atoms with Gasteiger partial charge in [0.15, 0.2) is 0 Å². The molecule has 17 heavy (non-hydrogen) atoms. The molecule has 0 aliphatic heterocycles. The average molecular weight is 236 g/mol. The number of hydrogen-bond acceptors (Lipinski definition) is 3. The Bertz CT molecular complexity index is 328. The molecule has 0 aliphatic rings. The molecule has 0 aromatic heterocycles. The van der Waals surface area contributed by atoms with E-state index in [2.05, 4.69) is 55.4 Å². The molecular weight excluding hydrogens is 212 g/mol. The number of rotatable bonds is 7. The van der Waals surface area contributed by atoms with Crippen molar-refractivity contribution < 1.29 is 4.74 Å². The maximum atomic E-state index is 5.14. The molecular formula is C14H24N2O. The molecule has 1 rings (SSSR count). The highest BCUT2D eigenvalue weighted by Gasteiger charge is 2.07. The quantitative estimate of drug-likeness (QED) is 0.786. The van der Waals surface area contributed by atoms with E-state index >= 15 is 0 Å². The second-order valence-electron chi connectivity index (χ2n) is 4.58. The van der Waals surface area contributed by atoms with Crippen molar-refractivity contribution >= 4 is 5.69 Å². The van der Waals surface area contributed by atoms with Gasteiger partial charge in [0.25, 0.3) is 0 Å². The third kappa shape index (κ3) is 5.20. The summed E-state index contributed by atoms with van der Waals surface area (Å²) in [6, 6.07) is 8.91. The molecule has 0 spiro atoms. The monoisotopic (exact) mass is 236 g/mol. The van der Waals surface area contributed by atoms with Crippen molar-refractivity contribution in [1.29, 1.82) is 0 Å². The zero-order valence-corrected chi connectivity index (χ0v) is 11.4. The zero-order valence-electron chi connectivity index (χ0n) is 11.4. The van der Waals surface area contributed by atoms with Crippen molar-refractivity contribution in [2.24, 2.45) is 0 Å². The molecule has 1 aromatic carbocycles. The van der Waals surface area contributed by atoms with Crippen LogP contribution in [0.15, 0.2) is 24.3 Å². The fourth-order valence-corrected chi connectivity index (χ4v) is 1.72. The Balaban J connectivity index is 2.28. The SMILES string of the molecule is COCC(C)N(C)CCNc1cccc(C)c1. The Morgan fingerprint density at radius 2 is 2.18 bits per heavy atom. The van der Waals surface area contributed by atoms with Crippen molar-refractivity contribution in [3.63, 3.8) is 0 Å². The number of nitrogens with zero attached hydrogens (tertiary/aromatic N) is 1. The van der Waals surface area contributed by atoms with Crippen LogP contribution in [0.4, 0.5) is 5.69 Å². The minimum absolute atomic E-state index is 0.458. The molecule has 1 aromatic rings. The van der Waals surface area contributed by atoms with Gasteiger partial charge in [-0.2, -0.15) is 0 Å². The van der Waals surface area contributed by atoms with Gasteiger partial charge in [-0.05, 0) is 38.6 Å². The standard InChI is InChI=1S/C14H24N2O/c1-12-6-5-7-14(10-12)15-8-9-16(3)13(2)11-17-4/h5-7,10,13,15H,8-9,11H2,1-4H3. The van der Waals surface area contributed by atoms with Gasteiger partial charge in [-0.3, -0.25) is 4.90 Å². The Morgan fingerprint density at radius 1 is 1.41 bits per heavy atom. The summed E-state index contributed by atoms with van der Waals surface area (Å²) in [4.78, 5) is 2.30. The first kappa shape index (κ1) is 14.0. The number of anilines is 1. The summed E-state index contributed by atoms with van der Waals surface area (Å²) in [6.45, 7) is 7.03. The average Bonchev–Trinajstić information content (AvgIpc) is 2.29. The highest BCUT2D eigenvalue weighted by molar-refractivity contribution is 5.45. The summed E-state index contributed by atoms with van der Waals surface area (Å²) in [5.41, 5.74) is 2.48. The van der Waals surface area contributed by atoms with E-state index in [0.29, 0.717) is 6.04 Å². The molecule has 3 heteroatoms. The minimum atomic E-state index is 0.458. The maximum absolute atomic E-state index is 5.14. The summed E-state index contributed by atoms with van der Waals surface area (Å²) in [5.74, 6) is 0. The number of methoxy groups -OCH3 is 1. The fraction of sp³-hybridized carbons (Fsp3) is 0.571. The van der Waals surface area contributed by atoms with Crippen LogP contribution >= 0.6 is 0 Å². The first-order valence-electron chi connectivity index (χ1n) is 6.13. The predicted molar refractivity (Wildman–Crippen MR) is 73.6 cm³/mol. The molecule has 0 amide bonds. The van der Waals surface area contributed by atoms with Gasteiger partial charge in [0.1, 0.15) is 0 Å². The summed E-state index contributed by atoms with van der Waals surface area (Å²) in [5, 5.41) is 3.43. The first-order chi connectivity index (χ1) is 8.13. The van der Waals surface area contributed by atoms with E-state index in [9.17, 15) is 0 Å². The van der Waals surface area contributed by atoms with Gasteiger partial charge >= 0.3 is 0 Å². The van der Waals surface area contributed by atoms with Gasteiger partial charge < -0.3 is 10.1 Å². The van der Waals surface area contributed by atoms with Crippen LogP contribution in [0.3, 0.4) is 0 Å². The van der Waals surface area contributed by atoms with E-state index in [0.717, 1.165) is 19.7 Å². The normalized spacial score (nSPS) is 12.8. The van der Waals surface area contributed by atoms with Crippen LogP contribution < -0.4 is 5.32 Å². The number of benzene rings is 1. The Kier molecular flexibility index (Phi) is 6.01. The van der Waals surface area contributed by atoms with Gasteiger partial charge in [-0.25, -0.2) is 0 Å². The zero-order chi connectivity index (χ0) is 12.7. The topological polar surface area (TPSA) is 24.5 Å². The largest absolute Gasteiger partial charge is 0.384 e. The van der Waals surface area contributed by atoms with Crippen LogP contribution in [0.25, 0.3) is 0 Å². The predicted octanol–water partition coefficient (Wildman–Crippen LogP) is 2.37. The third-order valence-electron chi connectivity index (χ3n) is 2.97. The molecule has 96 valence electrons. The lowest BCUT2D eigenvalue weighted by molar-refractivity contribution is 0.118. The lowest BCUT2D eigenvalue weighted by atomic mass is 10.2. The lowest BCUT2D eigenvalue weighted by Crippen LogP contribution is -2.36. The van der Waals surface area contributed by atoms with Gasteiger partial charge in [0, 0.05) is 31.9 Å². The second kappa shape index (κ2) is 7.30. The van der Waals surface area contributed by atoms with Gasteiger partial charge in [-0.1, -0.05) is 12.1 Å². The highest BCUT2D eigenvalue weighted by atomic mass is 16.5. The summed E-state index contributed by atoms with van der Waals surface area (Å²) in [6.07, 6.45) is 0. The number of aryl methyl sites for hydroxylation is 1. The summed E-state index contributed by atoms with van der Waals surface area (Å²) >= 11 is 0. The van der Waals surface area contributed by atoms with Crippen LogP contribution in [0.5, 0.6) is 0 Å². The Hall–Kier alpha value is -1.06. The van der Waals surface area contributed by atoms with E-state index in [4.69, 9.17) is 4.74 Å². The smallest absolute Gasteiger partial charge is 0.0615 e. The van der Waals surface area contributed by atoms with E-state index in [1.54, 1.807) is 7.11 Å². The van der Waals surface area contributed by atoms with Gasteiger partial charge in [0.05, 0.1) is 6.61 Å². The Morgan fingerprint density at radius 3 is 2.82 bits per heavy atom. The first-order valence-corrected chi connectivity index (χ1v) is 6.13. The number of ether oxygens (including phenoxy) is 1. The van der Waals surface area contributed by atoms with E-state index in [-0.39, 0.29) is 0 Å². The van der Waals surface area contributed by atoms with Gasteiger partial charge in [0.2, 0.25) is 0 Å². The van der Waals surface area contributed by atoms with Crippen molar-refractivity contribution in [3.05, 3.63) is 29.8 Å². The van der Waals surface area contributed by atoms with E-state index in [1.807, 2.05) is 0 Å². The molecule has 0 saturated heterocycles. The molecule has 1 atom stereocenters. The fourth-order valence-electron chi connectivity index (χ4n) is 1.72. The molecule has 0 bridgehead atoms.